The van der Waals surface area contributed by atoms with E-state index in [0.717, 1.165) is 17.4 Å². The molecule has 1 aromatic heterocycles. The van der Waals surface area contributed by atoms with Crippen LogP contribution in [0.2, 0.25) is 0 Å². The molecule has 4 rings (SSSR count). The number of amides is 1. The van der Waals surface area contributed by atoms with Gasteiger partial charge in [0.15, 0.2) is 11.0 Å². The predicted octanol–water partition coefficient (Wildman–Crippen LogP) is 3.71. The van der Waals surface area contributed by atoms with Crippen molar-refractivity contribution in [3.05, 3.63) is 84.7 Å². The Kier molecular flexibility index (Phi) is 7.06. The number of benzene rings is 3. The van der Waals surface area contributed by atoms with Crippen LogP contribution in [0.5, 0.6) is 0 Å². The Labute approximate surface area is 200 Å². The number of thioether (sulfide) groups is 1. The van der Waals surface area contributed by atoms with Gasteiger partial charge in [0.1, 0.15) is 5.82 Å². The number of rotatable bonds is 8. The second kappa shape index (κ2) is 10.2. The number of hydrogen-bond donors (Lipinski definition) is 2. The molecule has 11 heteroatoms. The lowest BCUT2D eigenvalue weighted by Gasteiger charge is -2.11. The van der Waals surface area contributed by atoms with Crippen molar-refractivity contribution < 1.29 is 17.6 Å². The molecule has 0 aliphatic rings. The van der Waals surface area contributed by atoms with Gasteiger partial charge in [-0.1, -0.05) is 42.1 Å². The Morgan fingerprint density at radius 1 is 0.971 bits per heavy atom. The normalized spacial score (nSPS) is 11.4. The van der Waals surface area contributed by atoms with Crippen molar-refractivity contribution in [1.82, 2.24) is 19.5 Å². The van der Waals surface area contributed by atoms with Gasteiger partial charge in [0.2, 0.25) is 15.9 Å². The Bertz CT molecular complexity index is 1410. The quantitative estimate of drug-likeness (QED) is 0.360. The van der Waals surface area contributed by atoms with Crippen molar-refractivity contribution in [1.29, 1.82) is 0 Å². The minimum Gasteiger partial charge on any atom is -0.325 e. The van der Waals surface area contributed by atoms with Crippen LogP contribution in [0.25, 0.3) is 17.1 Å². The average molecular weight is 498 g/mol. The Balaban J connectivity index is 1.53. The van der Waals surface area contributed by atoms with Crippen LogP contribution < -0.4 is 10.0 Å². The first-order chi connectivity index (χ1) is 16.4. The molecule has 0 aliphatic carbocycles. The second-order valence-electron chi connectivity index (χ2n) is 7.03. The van der Waals surface area contributed by atoms with Crippen LogP contribution in [0.1, 0.15) is 0 Å². The van der Waals surface area contributed by atoms with E-state index in [-0.39, 0.29) is 16.6 Å². The van der Waals surface area contributed by atoms with Crippen LogP contribution in [-0.2, 0) is 14.8 Å². The van der Waals surface area contributed by atoms with Crippen molar-refractivity contribution in [2.75, 3.05) is 18.1 Å². The number of carbonyl (C=O) groups excluding carboxylic acids is 1. The second-order valence-corrected chi connectivity index (χ2v) is 9.85. The fourth-order valence-corrected chi connectivity index (χ4v) is 4.63. The van der Waals surface area contributed by atoms with Gasteiger partial charge in [0, 0.05) is 11.4 Å². The highest BCUT2D eigenvalue weighted by atomic mass is 32.2. The van der Waals surface area contributed by atoms with E-state index < -0.39 is 15.8 Å². The third-order valence-corrected chi connectivity index (χ3v) is 7.17. The minimum atomic E-state index is -3.56. The van der Waals surface area contributed by atoms with Gasteiger partial charge in [-0.3, -0.25) is 9.36 Å². The fourth-order valence-electron chi connectivity index (χ4n) is 3.15. The molecule has 0 fully saturated rings. The summed E-state index contributed by atoms with van der Waals surface area (Å²) in [4.78, 5) is 12.6. The zero-order chi connectivity index (χ0) is 24.1. The lowest BCUT2D eigenvalue weighted by Crippen LogP contribution is -2.18. The van der Waals surface area contributed by atoms with Crippen LogP contribution in [0.4, 0.5) is 10.1 Å². The van der Waals surface area contributed by atoms with Crippen molar-refractivity contribution >= 4 is 33.4 Å². The van der Waals surface area contributed by atoms with Gasteiger partial charge in [0.05, 0.1) is 16.2 Å². The van der Waals surface area contributed by atoms with Gasteiger partial charge in [-0.05, 0) is 55.6 Å². The Morgan fingerprint density at radius 2 is 1.65 bits per heavy atom. The number of hydrogen-bond acceptors (Lipinski definition) is 6. The number of aromatic nitrogens is 3. The van der Waals surface area contributed by atoms with Crippen LogP contribution in [0.3, 0.4) is 0 Å². The van der Waals surface area contributed by atoms with E-state index in [2.05, 4.69) is 20.2 Å². The SMILES string of the molecule is CNS(=O)(=O)c1ccc(NC(=O)CSc2nnc(-c3ccccc3F)n2-c2ccccc2)cc1. The van der Waals surface area contributed by atoms with E-state index in [9.17, 15) is 17.6 Å². The number of carbonyl (C=O) groups is 1. The number of anilines is 1. The van der Waals surface area contributed by atoms with Crippen molar-refractivity contribution in [2.45, 2.75) is 10.1 Å². The Morgan fingerprint density at radius 3 is 2.32 bits per heavy atom. The smallest absolute Gasteiger partial charge is 0.240 e. The first kappa shape index (κ1) is 23.6. The summed E-state index contributed by atoms with van der Waals surface area (Å²) in [6.45, 7) is 0. The summed E-state index contributed by atoms with van der Waals surface area (Å²) in [5.41, 5.74) is 1.49. The predicted molar refractivity (Wildman–Crippen MR) is 129 cm³/mol. The molecular weight excluding hydrogens is 477 g/mol. The molecule has 0 saturated carbocycles. The van der Waals surface area contributed by atoms with Crippen LogP contribution in [0.15, 0.2) is 88.9 Å². The fraction of sp³-hybridized carbons (Fsp3) is 0.0870. The molecule has 0 unspecified atom stereocenters. The molecule has 8 nitrogen and oxygen atoms in total. The number of sulfonamides is 1. The summed E-state index contributed by atoms with van der Waals surface area (Å²) >= 11 is 1.15. The van der Waals surface area contributed by atoms with Gasteiger partial charge >= 0.3 is 0 Å². The van der Waals surface area contributed by atoms with E-state index in [1.807, 2.05) is 30.3 Å². The zero-order valence-electron chi connectivity index (χ0n) is 18.0. The third-order valence-electron chi connectivity index (χ3n) is 4.81. The van der Waals surface area contributed by atoms with Crippen LogP contribution in [0, 0.1) is 5.82 Å². The topological polar surface area (TPSA) is 106 Å². The monoisotopic (exact) mass is 497 g/mol. The molecule has 1 amide bonds. The van der Waals surface area contributed by atoms with E-state index in [1.165, 1.54) is 37.4 Å². The molecule has 0 saturated heterocycles. The summed E-state index contributed by atoms with van der Waals surface area (Å²) in [7, 11) is -2.23. The number of nitrogens with one attached hydrogen (secondary N) is 2. The van der Waals surface area contributed by atoms with E-state index in [0.29, 0.717) is 22.2 Å². The molecule has 2 N–H and O–H groups in total. The molecule has 0 bridgehead atoms. The maximum atomic E-state index is 14.5. The third kappa shape index (κ3) is 5.16. The molecule has 0 aliphatic heterocycles. The molecule has 0 radical (unpaired) electrons. The summed E-state index contributed by atoms with van der Waals surface area (Å²) in [5.74, 6) is -0.401. The largest absolute Gasteiger partial charge is 0.325 e. The molecule has 34 heavy (non-hydrogen) atoms. The molecule has 1 heterocycles. The first-order valence-electron chi connectivity index (χ1n) is 10.1. The molecule has 4 aromatic rings. The zero-order valence-corrected chi connectivity index (χ0v) is 19.6. The van der Waals surface area contributed by atoms with Crippen LogP contribution >= 0.6 is 11.8 Å². The maximum absolute atomic E-state index is 14.5. The molecular formula is C23H20FN5O3S2. The van der Waals surface area contributed by atoms with E-state index in [1.54, 1.807) is 22.8 Å². The maximum Gasteiger partial charge on any atom is 0.240 e. The van der Waals surface area contributed by atoms with Gasteiger partial charge in [-0.15, -0.1) is 10.2 Å². The highest BCUT2D eigenvalue weighted by Crippen LogP contribution is 2.29. The first-order valence-corrected chi connectivity index (χ1v) is 12.6. The molecule has 174 valence electrons. The number of nitrogens with zero attached hydrogens (tertiary/aromatic N) is 3. The molecule has 0 atom stereocenters. The highest BCUT2D eigenvalue weighted by Gasteiger charge is 2.19. The van der Waals surface area contributed by atoms with Crippen molar-refractivity contribution in [3.63, 3.8) is 0 Å². The highest BCUT2D eigenvalue weighted by molar-refractivity contribution is 7.99. The van der Waals surface area contributed by atoms with E-state index in [4.69, 9.17) is 0 Å². The van der Waals surface area contributed by atoms with Crippen molar-refractivity contribution in [3.8, 4) is 17.1 Å². The summed E-state index contributed by atoms with van der Waals surface area (Å²) in [5, 5.41) is 11.5. The minimum absolute atomic E-state index is 0.0127. The van der Waals surface area contributed by atoms with Gasteiger partial charge in [-0.2, -0.15) is 0 Å². The lowest BCUT2D eigenvalue weighted by molar-refractivity contribution is -0.113. The Hall–Kier alpha value is -3.54. The van der Waals surface area contributed by atoms with Gasteiger partial charge in [0.25, 0.3) is 0 Å². The average Bonchev–Trinajstić information content (AvgIpc) is 3.27. The lowest BCUT2D eigenvalue weighted by atomic mass is 10.2. The number of para-hydroxylation sites is 1. The summed E-state index contributed by atoms with van der Waals surface area (Å²) < 4.78 is 42.1. The van der Waals surface area contributed by atoms with Gasteiger partial charge in [-0.25, -0.2) is 17.5 Å². The summed E-state index contributed by atoms with van der Waals surface area (Å²) in [6.07, 6.45) is 0. The number of halogens is 1. The van der Waals surface area contributed by atoms with E-state index >= 15 is 0 Å². The standard InChI is InChI=1S/C23H20FN5O3S2/c1-25-34(31,32)18-13-11-16(12-14-18)26-21(30)15-33-23-28-27-22(19-9-5-6-10-20(19)24)29(23)17-7-3-2-4-8-17/h2-14,25H,15H2,1H3,(H,26,30). The molecule has 0 spiro atoms. The molecule has 3 aromatic carbocycles. The summed E-state index contributed by atoms with van der Waals surface area (Å²) in [6, 6.07) is 21.4. The van der Waals surface area contributed by atoms with Crippen LogP contribution in [-0.4, -0.2) is 41.9 Å². The van der Waals surface area contributed by atoms with Gasteiger partial charge < -0.3 is 5.32 Å². The van der Waals surface area contributed by atoms with Crippen molar-refractivity contribution in [2.24, 2.45) is 0 Å².